The van der Waals surface area contributed by atoms with Crippen molar-refractivity contribution in [1.29, 1.82) is 0 Å². The first kappa shape index (κ1) is 29.6. The normalized spacial score (nSPS) is 38.4. The zero-order chi connectivity index (χ0) is 30.2. The van der Waals surface area contributed by atoms with E-state index in [-0.39, 0.29) is 18.1 Å². The SMILES string of the molecule is CC(OC(=O)CCC(=O)OC1C2OC(=O)C3C2OC1C3C(=O)OC1(C2CC3CCC2O3)CCCC1)C(F)(F)S(=O)(=O)O. The van der Waals surface area contributed by atoms with Crippen LogP contribution in [-0.2, 0) is 57.7 Å². The minimum Gasteiger partial charge on any atom is -0.458 e. The second-order valence-corrected chi connectivity index (χ2v) is 13.5. The van der Waals surface area contributed by atoms with E-state index in [1.54, 1.807) is 0 Å². The average molecular weight is 623 g/mol. The van der Waals surface area contributed by atoms with Crippen LogP contribution < -0.4 is 0 Å². The summed E-state index contributed by atoms with van der Waals surface area (Å²) in [6.07, 6.45) is -1.80. The molecule has 5 saturated heterocycles. The summed E-state index contributed by atoms with van der Waals surface area (Å²) >= 11 is 0. The van der Waals surface area contributed by atoms with Gasteiger partial charge in [0.1, 0.15) is 29.6 Å². The first-order valence-electron chi connectivity index (χ1n) is 14.2. The van der Waals surface area contributed by atoms with Crippen LogP contribution in [0, 0.1) is 17.8 Å². The highest BCUT2D eigenvalue weighted by atomic mass is 32.2. The Hall–Kier alpha value is -2.43. The number of alkyl halides is 2. The van der Waals surface area contributed by atoms with E-state index >= 15 is 0 Å². The summed E-state index contributed by atoms with van der Waals surface area (Å²) < 4.78 is 90.9. The number of rotatable bonds is 10. The Bertz CT molecular complexity index is 1260. The molecule has 10 unspecified atom stereocenters. The van der Waals surface area contributed by atoms with Gasteiger partial charge in [0.2, 0.25) is 0 Å². The largest absolute Gasteiger partial charge is 0.458 e. The Morgan fingerprint density at radius 1 is 1.07 bits per heavy atom. The smallest absolute Gasteiger partial charge is 0.405 e. The van der Waals surface area contributed by atoms with Crippen LogP contribution in [0.1, 0.15) is 64.7 Å². The number of esters is 4. The molecule has 16 heteroatoms. The summed E-state index contributed by atoms with van der Waals surface area (Å²) in [7, 11) is -5.84. The Morgan fingerprint density at radius 3 is 2.38 bits per heavy atom. The molecule has 1 N–H and O–H groups in total. The highest BCUT2D eigenvalue weighted by Gasteiger charge is 2.72. The van der Waals surface area contributed by atoms with Crippen LogP contribution >= 0.6 is 0 Å². The lowest BCUT2D eigenvalue weighted by Crippen LogP contribution is -2.51. The van der Waals surface area contributed by atoms with Crippen molar-refractivity contribution in [3.05, 3.63) is 0 Å². The second kappa shape index (κ2) is 10.3. The van der Waals surface area contributed by atoms with Gasteiger partial charge in [0.05, 0.1) is 25.0 Å². The van der Waals surface area contributed by atoms with Gasteiger partial charge in [-0.25, -0.2) is 0 Å². The minimum absolute atomic E-state index is 0.0284. The van der Waals surface area contributed by atoms with Crippen LogP contribution in [0.2, 0.25) is 0 Å². The fourth-order valence-corrected chi connectivity index (χ4v) is 8.14. The molecule has 6 aliphatic rings. The monoisotopic (exact) mass is 622 g/mol. The van der Waals surface area contributed by atoms with E-state index < -0.39 is 100 Å². The molecule has 5 aliphatic heterocycles. The van der Waals surface area contributed by atoms with E-state index in [1.807, 2.05) is 0 Å². The van der Waals surface area contributed by atoms with Gasteiger partial charge >= 0.3 is 39.2 Å². The van der Waals surface area contributed by atoms with Crippen LogP contribution in [0.5, 0.6) is 0 Å². The third-order valence-corrected chi connectivity index (χ3v) is 10.7. The molecule has 1 aliphatic carbocycles. The van der Waals surface area contributed by atoms with E-state index in [1.165, 1.54) is 0 Å². The lowest BCUT2D eigenvalue weighted by Gasteiger charge is -2.39. The molecular weight excluding hydrogens is 590 g/mol. The fourth-order valence-electron chi connectivity index (χ4n) is 7.67. The maximum absolute atomic E-state index is 13.7. The van der Waals surface area contributed by atoms with Gasteiger partial charge in [0, 0.05) is 5.92 Å². The van der Waals surface area contributed by atoms with Crippen molar-refractivity contribution in [2.45, 2.75) is 118 Å². The van der Waals surface area contributed by atoms with Crippen LogP contribution in [0.25, 0.3) is 0 Å². The minimum atomic E-state index is -5.84. The van der Waals surface area contributed by atoms with Crippen LogP contribution in [0.3, 0.4) is 0 Å². The first-order valence-corrected chi connectivity index (χ1v) is 15.6. The number of hydrogen-bond acceptors (Lipinski definition) is 12. The van der Waals surface area contributed by atoms with Gasteiger partial charge in [0.25, 0.3) is 0 Å². The number of carbonyl (C=O) groups is 4. The molecule has 4 bridgehead atoms. The molecule has 0 amide bonds. The molecule has 5 heterocycles. The predicted molar refractivity (Wildman–Crippen MR) is 130 cm³/mol. The summed E-state index contributed by atoms with van der Waals surface area (Å²) in [5.74, 6) is -5.50. The number of halogens is 2. The van der Waals surface area contributed by atoms with Crippen molar-refractivity contribution in [1.82, 2.24) is 0 Å². The van der Waals surface area contributed by atoms with Crippen LogP contribution in [0.4, 0.5) is 8.78 Å². The molecular formula is C26H32F2O13S. The Labute approximate surface area is 239 Å². The van der Waals surface area contributed by atoms with E-state index in [0.717, 1.165) is 32.1 Å². The number of fused-ring (bicyclic) bond motifs is 3. The Kier molecular flexibility index (Phi) is 7.29. The molecule has 1 saturated carbocycles. The number of ether oxygens (including phenoxy) is 6. The van der Waals surface area contributed by atoms with Gasteiger partial charge in [-0.3, -0.25) is 23.7 Å². The molecule has 0 aromatic rings. The molecule has 0 aromatic heterocycles. The quantitative estimate of drug-likeness (QED) is 0.211. The maximum atomic E-state index is 13.7. The van der Waals surface area contributed by atoms with Crippen molar-refractivity contribution in [3.63, 3.8) is 0 Å². The zero-order valence-electron chi connectivity index (χ0n) is 22.6. The van der Waals surface area contributed by atoms with Crippen LogP contribution in [-0.4, -0.2) is 90.4 Å². The van der Waals surface area contributed by atoms with Crippen molar-refractivity contribution in [2.24, 2.45) is 17.8 Å². The molecule has 13 nitrogen and oxygen atoms in total. The zero-order valence-corrected chi connectivity index (χ0v) is 23.5. The molecule has 0 radical (unpaired) electrons. The third kappa shape index (κ3) is 4.78. The van der Waals surface area contributed by atoms with Gasteiger partial charge in [-0.2, -0.15) is 17.2 Å². The fraction of sp³-hybridized carbons (Fsp3) is 0.846. The Morgan fingerprint density at radius 2 is 1.76 bits per heavy atom. The maximum Gasteiger partial charge on any atom is 0.405 e. The summed E-state index contributed by atoms with van der Waals surface area (Å²) in [5.41, 5.74) is -0.698. The first-order chi connectivity index (χ1) is 19.7. The third-order valence-electron chi connectivity index (χ3n) is 9.64. The van der Waals surface area contributed by atoms with E-state index in [9.17, 15) is 36.4 Å². The molecule has 10 atom stereocenters. The summed E-state index contributed by atoms with van der Waals surface area (Å²) in [5, 5.41) is -4.75. The number of hydrogen-bond donors (Lipinski definition) is 1. The van der Waals surface area contributed by atoms with Gasteiger partial charge in [-0.1, -0.05) is 0 Å². The van der Waals surface area contributed by atoms with Crippen molar-refractivity contribution >= 4 is 34.0 Å². The van der Waals surface area contributed by atoms with E-state index in [2.05, 4.69) is 4.74 Å². The molecule has 0 aromatic carbocycles. The van der Waals surface area contributed by atoms with Crippen molar-refractivity contribution in [2.75, 3.05) is 0 Å². The number of carbonyl (C=O) groups excluding carboxylic acids is 4. The topological polar surface area (TPSA) is 178 Å². The van der Waals surface area contributed by atoms with Crippen LogP contribution in [0.15, 0.2) is 0 Å². The summed E-state index contributed by atoms with van der Waals surface area (Å²) in [4.78, 5) is 51.0. The van der Waals surface area contributed by atoms with Gasteiger partial charge in [-0.05, 0) is 51.9 Å². The molecule has 42 heavy (non-hydrogen) atoms. The van der Waals surface area contributed by atoms with E-state index in [0.29, 0.717) is 19.8 Å². The average Bonchev–Trinajstić information content (AvgIpc) is 3.74. The summed E-state index contributed by atoms with van der Waals surface area (Å²) in [6.45, 7) is 0.570. The van der Waals surface area contributed by atoms with Gasteiger partial charge < -0.3 is 28.4 Å². The lowest BCUT2D eigenvalue weighted by atomic mass is 9.75. The molecule has 6 rings (SSSR count). The van der Waals surface area contributed by atoms with Gasteiger partial charge in [0.15, 0.2) is 18.3 Å². The highest BCUT2D eigenvalue weighted by molar-refractivity contribution is 7.86. The lowest BCUT2D eigenvalue weighted by molar-refractivity contribution is -0.180. The standard InChI is InChI=1S/C26H32F2O13S/c1-11(26(27,28)42(33,34)35)36-15(29)6-7-16(30)38-21-20-18(17-19(39-20)22(21)40-23(17)31)24(32)41-25(8-2-3-9-25)13-10-12-4-5-14(13)37-12/h11-14,17-22H,2-10H2,1H3,(H,33,34,35). The summed E-state index contributed by atoms with van der Waals surface area (Å²) in [6, 6.07) is 0. The highest BCUT2D eigenvalue weighted by Crippen LogP contribution is 2.55. The molecule has 6 fully saturated rings. The van der Waals surface area contributed by atoms with Crippen molar-refractivity contribution in [3.8, 4) is 0 Å². The second-order valence-electron chi connectivity index (χ2n) is 12.1. The van der Waals surface area contributed by atoms with Crippen molar-refractivity contribution < 1.29 is 69.4 Å². The Balaban J connectivity index is 1.09. The predicted octanol–water partition coefficient (Wildman–Crippen LogP) is 1.45. The molecule has 0 spiro atoms. The van der Waals surface area contributed by atoms with Gasteiger partial charge in [-0.15, -0.1) is 0 Å². The molecule has 234 valence electrons. The van der Waals surface area contributed by atoms with E-state index in [4.69, 9.17) is 28.2 Å².